The number of alkyl halides is 3. The van der Waals surface area contributed by atoms with Crippen LogP contribution in [0.2, 0.25) is 0 Å². The summed E-state index contributed by atoms with van der Waals surface area (Å²) in [6.07, 6.45) is -2.92. The van der Waals surface area contributed by atoms with Crippen molar-refractivity contribution < 1.29 is 13.2 Å². The van der Waals surface area contributed by atoms with Gasteiger partial charge in [-0.3, -0.25) is 0 Å². The molecule has 0 saturated carbocycles. The minimum absolute atomic E-state index is 0.105. The molecule has 1 aromatic rings. The highest BCUT2D eigenvalue weighted by Gasteiger charge is 2.29. The van der Waals surface area contributed by atoms with Gasteiger partial charge in [-0.15, -0.1) is 0 Å². The summed E-state index contributed by atoms with van der Waals surface area (Å²) < 4.78 is 36.5. The lowest BCUT2D eigenvalue weighted by Crippen LogP contribution is -2.13. The second-order valence-electron chi connectivity index (χ2n) is 2.67. The third-order valence-electron chi connectivity index (χ3n) is 1.68. The van der Waals surface area contributed by atoms with Crippen LogP contribution in [-0.2, 0) is 6.18 Å². The molecule has 0 radical (unpaired) electrons. The van der Waals surface area contributed by atoms with Gasteiger partial charge in [-0.1, -0.05) is 12.1 Å². The number of amidine groups is 1. The summed E-state index contributed by atoms with van der Waals surface area (Å²) in [6.45, 7) is 0. The maximum absolute atomic E-state index is 12.2. The topological polar surface area (TPSA) is 62.2 Å². The standard InChI is InChI=1S/C9H6F3N3/c10-9(11,12)7-3-1-6(2-4-7)8(14)15-5-13/h1-4H,(H2,14,15). The van der Waals surface area contributed by atoms with E-state index in [1.807, 2.05) is 0 Å². The Bertz CT molecular complexity index is 412. The molecule has 0 amide bonds. The molecule has 0 aliphatic heterocycles. The summed E-state index contributed by atoms with van der Waals surface area (Å²) in [7, 11) is 0. The van der Waals surface area contributed by atoms with Crippen LogP contribution in [0.4, 0.5) is 13.2 Å². The van der Waals surface area contributed by atoms with Crippen LogP contribution in [0.3, 0.4) is 0 Å². The molecule has 15 heavy (non-hydrogen) atoms. The summed E-state index contributed by atoms with van der Waals surface area (Å²) in [5.41, 5.74) is 4.83. The van der Waals surface area contributed by atoms with Crippen LogP contribution in [-0.4, -0.2) is 5.84 Å². The highest BCUT2D eigenvalue weighted by Crippen LogP contribution is 2.28. The van der Waals surface area contributed by atoms with Crippen LogP contribution in [0.1, 0.15) is 11.1 Å². The molecule has 1 aromatic carbocycles. The first-order valence-corrected chi connectivity index (χ1v) is 3.85. The van der Waals surface area contributed by atoms with Crippen LogP contribution in [0.15, 0.2) is 29.3 Å². The molecule has 0 atom stereocenters. The number of aliphatic imine (C=N–C) groups is 1. The van der Waals surface area contributed by atoms with Crippen LogP contribution in [0.25, 0.3) is 0 Å². The lowest BCUT2D eigenvalue weighted by atomic mass is 10.1. The van der Waals surface area contributed by atoms with Gasteiger partial charge in [0.05, 0.1) is 5.56 Å². The van der Waals surface area contributed by atoms with Crippen LogP contribution >= 0.6 is 0 Å². The molecule has 0 fully saturated rings. The number of halogens is 3. The maximum atomic E-state index is 12.2. The number of hydrogen-bond donors (Lipinski definition) is 1. The number of nitrogens with two attached hydrogens (primary N) is 1. The third-order valence-corrected chi connectivity index (χ3v) is 1.68. The second-order valence-corrected chi connectivity index (χ2v) is 2.67. The Morgan fingerprint density at radius 3 is 2.20 bits per heavy atom. The van der Waals surface area contributed by atoms with Crippen LogP contribution in [0, 0.1) is 11.5 Å². The summed E-state index contributed by atoms with van der Waals surface area (Å²) in [5.74, 6) is -0.105. The molecule has 3 nitrogen and oxygen atoms in total. The zero-order valence-corrected chi connectivity index (χ0v) is 7.42. The SMILES string of the molecule is N#CN=C(N)c1ccc(C(F)(F)F)cc1. The Hall–Kier alpha value is -2.03. The van der Waals surface area contributed by atoms with Crippen LogP contribution in [0.5, 0.6) is 0 Å². The summed E-state index contributed by atoms with van der Waals surface area (Å²) in [6, 6.07) is 4.10. The lowest BCUT2D eigenvalue weighted by Gasteiger charge is -2.06. The maximum Gasteiger partial charge on any atom is 0.416 e. The number of nitrogens with zero attached hydrogens (tertiary/aromatic N) is 2. The number of hydrogen-bond acceptors (Lipinski definition) is 2. The smallest absolute Gasteiger partial charge is 0.383 e. The Labute approximate surface area is 83.7 Å². The average molecular weight is 213 g/mol. The highest BCUT2D eigenvalue weighted by molar-refractivity contribution is 5.97. The molecular weight excluding hydrogens is 207 g/mol. The van der Waals surface area contributed by atoms with E-state index < -0.39 is 11.7 Å². The zero-order chi connectivity index (χ0) is 11.5. The van der Waals surface area contributed by atoms with Crippen molar-refractivity contribution in [1.82, 2.24) is 0 Å². The molecule has 0 aliphatic rings. The van der Waals surface area contributed by atoms with Gasteiger partial charge >= 0.3 is 6.18 Å². The fourth-order valence-electron chi connectivity index (χ4n) is 0.948. The molecule has 0 unspecified atom stereocenters. The Morgan fingerprint density at radius 1 is 1.27 bits per heavy atom. The minimum atomic E-state index is -4.38. The van der Waals surface area contributed by atoms with Gasteiger partial charge in [0.25, 0.3) is 0 Å². The fraction of sp³-hybridized carbons (Fsp3) is 0.111. The second kappa shape index (κ2) is 4.00. The normalized spacial score (nSPS) is 12.3. The van der Waals surface area contributed by atoms with E-state index in [4.69, 9.17) is 11.0 Å². The molecule has 0 saturated heterocycles. The van der Waals surface area contributed by atoms with Gasteiger partial charge in [0.2, 0.25) is 6.19 Å². The molecule has 2 N–H and O–H groups in total. The molecule has 0 bridgehead atoms. The van der Waals surface area contributed by atoms with Gasteiger partial charge in [0.1, 0.15) is 5.84 Å². The van der Waals surface area contributed by atoms with Gasteiger partial charge in [0.15, 0.2) is 0 Å². The molecule has 6 heteroatoms. The summed E-state index contributed by atoms with van der Waals surface area (Å²) >= 11 is 0. The molecular formula is C9H6F3N3. The van der Waals surface area contributed by atoms with E-state index in [-0.39, 0.29) is 11.4 Å². The van der Waals surface area contributed by atoms with Crippen molar-refractivity contribution in [3.05, 3.63) is 35.4 Å². The first-order valence-electron chi connectivity index (χ1n) is 3.85. The molecule has 0 heterocycles. The lowest BCUT2D eigenvalue weighted by molar-refractivity contribution is -0.137. The van der Waals surface area contributed by atoms with Gasteiger partial charge in [-0.2, -0.15) is 23.4 Å². The molecule has 0 aliphatic carbocycles. The molecule has 78 valence electrons. The van der Waals surface area contributed by atoms with Crippen molar-refractivity contribution in [1.29, 1.82) is 5.26 Å². The van der Waals surface area contributed by atoms with E-state index in [9.17, 15) is 13.2 Å². The summed E-state index contributed by atoms with van der Waals surface area (Å²) in [4.78, 5) is 3.21. The number of rotatable bonds is 1. The summed E-state index contributed by atoms with van der Waals surface area (Å²) in [5, 5.41) is 8.18. The van der Waals surface area contributed by atoms with Gasteiger partial charge in [-0.05, 0) is 12.1 Å². The van der Waals surface area contributed by atoms with Crippen molar-refractivity contribution in [2.24, 2.45) is 10.7 Å². The van der Waals surface area contributed by atoms with Crippen LogP contribution < -0.4 is 5.73 Å². The van der Waals surface area contributed by atoms with E-state index in [0.29, 0.717) is 0 Å². The Morgan fingerprint density at radius 2 is 1.80 bits per heavy atom. The van der Waals surface area contributed by atoms with E-state index in [1.165, 1.54) is 18.3 Å². The largest absolute Gasteiger partial charge is 0.416 e. The molecule has 0 aromatic heterocycles. The van der Waals surface area contributed by atoms with Crippen molar-refractivity contribution >= 4 is 5.84 Å². The molecule has 0 spiro atoms. The van der Waals surface area contributed by atoms with E-state index >= 15 is 0 Å². The quantitative estimate of drug-likeness (QED) is 0.440. The monoisotopic (exact) mass is 213 g/mol. The minimum Gasteiger partial charge on any atom is -0.383 e. The van der Waals surface area contributed by atoms with Gasteiger partial charge < -0.3 is 5.73 Å². The molecule has 1 rings (SSSR count). The predicted molar refractivity (Wildman–Crippen MR) is 47.8 cm³/mol. The fourth-order valence-corrected chi connectivity index (χ4v) is 0.948. The number of benzene rings is 1. The van der Waals surface area contributed by atoms with Crippen molar-refractivity contribution in [3.63, 3.8) is 0 Å². The number of nitriles is 1. The van der Waals surface area contributed by atoms with E-state index in [1.54, 1.807) is 0 Å². The first-order chi connectivity index (χ1) is 6.95. The third kappa shape index (κ3) is 2.71. The predicted octanol–water partition coefficient (Wildman–Crippen LogP) is 1.89. The average Bonchev–Trinajstić information content (AvgIpc) is 2.17. The van der Waals surface area contributed by atoms with Crippen molar-refractivity contribution in [3.8, 4) is 6.19 Å². The van der Waals surface area contributed by atoms with E-state index in [0.717, 1.165) is 12.1 Å². The highest BCUT2D eigenvalue weighted by atomic mass is 19.4. The zero-order valence-electron chi connectivity index (χ0n) is 7.42. The van der Waals surface area contributed by atoms with Gasteiger partial charge in [0, 0.05) is 5.56 Å². The van der Waals surface area contributed by atoms with Gasteiger partial charge in [-0.25, -0.2) is 0 Å². The Balaban J connectivity index is 3.02. The first kappa shape index (κ1) is 11.0. The van der Waals surface area contributed by atoms with Crippen molar-refractivity contribution in [2.45, 2.75) is 6.18 Å². The Kier molecular flexibility index (Phi) is 2.95. The van der Waals surface area contributed by atoms with E-state index in [2.05, 4.69) is 4.99 Å². The van der Waals surface area contributed by atoms with Crippen molar-refractivity contribution in [2.75, 3.05) is 0 Å².